The summed E-state index contributed by atoms with van der Waals surface area (Å²) < 4.78 is 14.3. The zero-order chi connectivity index (χ0) is 20.9. The van der Waals surface area contributed by atoms with E-state index in [9.17, 15) is 9.18 Å². The first-order chi connectivity index (χ1) is 14.6. The highest BCUT2D eigenvalue weighted by atomic mass is 19.1. The average molecular weight is 402 g/mol. The van der Waals surface area contributed by atoms with Crippen LogP contribution >= 0.6 is 0 Å². The lowest BCUT2D eigenvalue weighted by molar-refractivity contribution is -0.118. The summed E-state index contributed by atoms with van der Waals surface area (Å²) in [6.07, 6.45) is 3.77. The van der Waals surface area contributed by atoms with Crippen LogP contribution in [0.4, 0.5) is 10.1 Å². The monoisotopic (exact) mass is 402 g/mol. The zero-order valence-electron chi connectivity index (χ0n) is 16.3. The van der Waals surface area contributed by atoms with E-state index in [1.807, 2.05) is 36.4 Å². The molecule has 30 heavy (non-hydrogen) atoms. The van der Waals surface area contributed by atoms with Gasteiger partial charge in [-0.2, -0.15) is 0 Å². The van der Waals surface area contributed by atoms with Gasteiger partial charge in [0.1, 0.15) is 5.82 Å². The van der Waals surface area contributed by atoms with Gasteiger partial charge < -0.3 is 4.90 Å². The molecule has 2 aromatic heterocycles. The highest BCUT2D eigenvalue weighted by Crippen LogP contribution is 2.27. The number of anilines is 1. The third-order valence-corrected chi connectivity index (χ3v) is 4.70. The summed E-state index contributed by atoms with van der Waals surface area (Å²) in [6.45, 7) is 2.09. The molecule has 2 heterocycles. The Hall–Kier alpha value is -3.94. The van der Waals surface area contributed by atoms with Crippen LogP contribution in [0.2, 0.25) is 0 Å². The number of hydrogen-bond donors (Lipinski definition) is 1. The molecule has 0 fully saturated rings. The first kappa shape index (κ1) is 19.4. The summed E-state index contributed by atoms with van der Waals surface area (Å²) in [5.41, 5.74) is 3.90. The number of hydrogen-bond acceptors (Lipinski definition) is 5. The van der Waals surface area contributed by atoms with Gasteiger partial charge in [0, 0.05) is 30.1 Å². The number of tetrazole rings is 1. The van der Waals surface area contributed by atoms with Crippen molar-refractivity contribution in [3.8, 4) is 22.5 Å². The second-order valence-corrected chi connectivity index (χ2v) is 6.72. The number of carbonyl (C=O) groups is 1. The molecule has 0 bridgehead atoms. The van der Waals surface area contributed by atoms with Gasteiger partial charge in [-0.25, -0.2) is 9.49 Å². The van der Waals surface area contributed by atoms with Gasteiger partial charge in [-0.1, -0.05) is 25.1 Å². The molecule has 0 spiro atoms. The Labute approximate surface area is 172 Å². The minimum atomic E-state index is -0.474. The van der Waals surface area contributed by atoms with E-state index in [-0.39, 0.29) is 5.91 Å². The van der Waals surface area contributed by atoms with Crippen molar-refractivity contribution in [3.63, 3.8) is 0 Å². The van der Waals surface area contributed by atoms with Crippen molar-refractivity contribution >= 4 is 11.6 Å². The molecule has 150 valence electrons. The third kappa shape index (κ3) is 4.22. The van der Waals surface area contributed by atoms with Gasteiger partial charge in [0.05, 0.1) is 6.54 Å². The van der Waals surface area contributed by atoms with Gasteiger partial charge in [-0.05, 0) is 63.5 Å². The van der Waals surface area contributed by atoms with Crippen molar-refractivity contribution in [1.29, 1.82) is 0 Å². The van der Waals surface area contributed by atoms with Gasteiger partial charge in [-0.15, -0.1) is 5.10 Å². The second-order valence-electron chi connectivity index (χ2n) is 6.72. The van der Waals surface area contributed by atoms with Crippen LogP contribution in [-0.2, 0) is 11.3 Å². The number of halogens is 1. The summed E-state index contributed by atoms with van der Waals surface area (Å²) in [7, 11) is 0. The molecular formula is C22H19FN6O. The smallest absolute Gasteiger partial charge is 0.227 e. The number of H-pyrrole nitrogens is 1. The molecule has 2 aromatic carbocycles. The number of aromatic nitrogens is 5. The van der Waals surface area contributed by atoms with E-state index in [0.29, 0.717) is 30.0 Å². The summed E-state index contributed by atoms with van der Waals surface area (Å²) >= 11 is 0. The third-order valence-electron chi connectivity index (χ3n) is 4.70. The van der Waals surface area contributed by atoms with Crippen LogP contribution in [0.3, 0.4) is 0 Å². The van der Waals surface area contributed by atoms with E-state index >= 15 is 0 Å². The fourth-order valence-corrected chi connectivity index (χ4v) is 3.24. The fourth-order valence-electron chi connectivity index (χ4n) is 3.24. The minimum Gasteiger partial charge on any atom is -0.308 e. The Morgan fingerprint density at radius 2 is 1.87 bits per heavy atom. The van der Waals surface area contributed by atoms with Gasteiger partial charge in [0.2, 0.25) is 5.91 Å². The van der Waals surface area contributed by atoms with Crippen LogP contribution in [-0.4, -0.2) is 31.5 Å². The Bertz CT molecular complexity index is 1150. The molecule has 4 aromatic rings. The second kappa shape index (κ2) is 8.60. The van der Waals surface area contributed by atoms with E-state index in [0.717, 1.165) is 16.7 Å². The van der Waals surface area contributed by atoms with Crippen molar-refractivity contribution in [2.45, 2.75) is 19.9 Å². The van der Waals surface area contributed by atoms with Crippen molar-refractivity contribution in [1.82, 2.24) is 25.6 Å². The minimum absolute atomic E-state index is 0.114. The van der Waals surface area contributed by atoms with Crippen LogP contribution in [0.1, 0.15) is 18.9 Å². The lowest BCUT2D eigenvalue weighted by Gasteiger charge is -2.23. The topological polar surface area (TPSA) is 87.7 Å². The highest BCUT2D eigenvalue weighted by molar-refractivity contribution is 5.93. The largest absolute Gasteiger partial charge is 0.308 e. The predicted molar refractivity (Wildman–Crippen MR) is 111 cm³/mol. The molecule has 0 saturated carbocycles. The molecule has 1 amide bonds. The van der Waals surface area contributed by atoms with Crippen LogP contribution in [0.25, 0.3) is 22.5 Å². The van der Waals surface area contributed by atoms with Crippen LogP contribution in [0.15, 0.2) is 67.0 Å². The normalized spacial score (nSPS) is 10.7. The molecular weight excluding hydrogens is 383 g/mol. The van der Waals surface area contributed by atoms with Gasteiger partial charge in [0.15, 0.2) is 5.82 Å². The molecule has 0 saturated heterocycles. The number of nitrogens with zero attached hydrogens (tertiary/aromatic N) is 5. The van der Waals surface area contributed by atoms with Crippen molar-refractivity contribution in [2.24, 2.45) is 0 Å². The summed E-state index contributed by atoms with van der Waals surface area (Å²) in [6, 6.07) is 16.1. The number of carbonyl (C=O) groups excluding carboxylic acids is 1. The average Bonchev–Trinajstić information content (AvgIpc) is 3.32. The maximum absolute atomic E-state index is 14.3. The fraction of sp³-hybridized carbons (Fsp3) is 0.136. The molecule has 0 aliphatic heterocycles. The number of benzene rings is 2. The van der Waals surface area contributed by atoms with Gasteiger partial charge >= 0.3 is 0 Å². The molecule has 0 aliphatic rings. The lowest BCUT2D eigenvalue weighted by atomic mass is 10.0. The van der Waals surface area contributed by atoms with Crippen molar-refractivity contribution < 1.29 is 9.18 Å². The Balaban J connectivity index is 1.69. The zero-order valence-corrected chi connectivity index (χ0v) is 16.3. The Morgan fingerprint density at radius 1 is 1.03 bits per heavy atom. The number of nitrogens with one attached hydrogen (secondary N) is 1. The quantitative estimate of drug-likeness (QED) is 0.526. The van der Waals surface area contributed by atoms with Crippen LogP contribution < -0.4 is 4.90 Å². The summed E-state index contributed by atoms with van der Waals surface area (Å²) in [4.78, 5) is 18.3. The van der Waals surface area contributed by atoms with Crippen LogP contribution in [0, 0.1) is 5.82 Å². The van der Waals surface area contributed by atoms with E-state index < -0.39 is 5.82 Å². The van der Waals surface area contributed by atoms with E-state index in [2.05, 4.69) is 25.6 Å². The first-order valence-corrected chi connectivity index (χ1v) is 9.48. The molecule has 0 aliphatic carbocycles. The van der Waals surface area contributed by atoms with Gasteiger partial charge in [-0.3, -0.25) is 9.78 Å². The molecule has 0 atom stereocenters. The van der Waals surface area contributed by atoms with Crippen molar-refractivity contribution in [2.75, 3.05) is 4.90 Å². The van der Waals surface area contributed by atoms with Gasteiger partial charge in [0.25, 0.3) is 0 Å². The highest BCUT2D eigenvalue weighted by Gasteiger charge is 2.18. The standard InChI is InChI=1S/C22H19FN6O/c1-2-21(30)29(20-12-18(11-19(23)13-20)22-25-27-28-26-22)14-15-4-3-5-17(10-15)16-6-8-24-9-7-16/h3-13H,2,14H2,1H3,(H,25,26,27,28). The van der Waals surface area contributed by atoms with E-state index in [1.54, 1.807) is 30.3 Å². The molecule has 1 N–H and O–H groups in total. The number of aromatic amines is 1. The Kier molecular flexibility index (Phi) is 5.56. The number of amides is 1. The number of pyridine rings is 1. The van der Waals surface area contributed by atoms with Crippen LogP contribution in [0.5, 0.6) is 0 Å². The van der Waals surface area contributed by atoms with E-state index in [4.69, 9.17) is 0 Å². The van der Waals surface area contributed by atoms with E-state index in [1.165, 1.54) is 12.1 Å². The molecule has 4 rings (SSSR count). The first-order valence-electron chi connectivity index (χ1n) is 9.48. The number of rotatable bonds is 6. The maximum Gasteiger partial charge on any atom is 0.227 e. The van der Waals surface area contributed by atoms with Crippen molar-refractivity contribution in [3.05, 3.63) is 78.4 Å². The summed E-state index contributed by atoms with van der Waals surface area (Å²) in [5, 5.41) is 13.5. The predicted octanol–water partition coefficient (Wildman–Crippen LogP) is 4.01. The molecule has 7 nitrogen and oxygen atoms in total. The Morgan fingerprint density at radius 3 is 2.60 bits per heavy atom. The molecule has 0 unspecified atom stereocenters. The SMILES string of the molecule is CCC(=O)N(Cc1cccc(-c2ccncc2)c1)c1cc(F)cc(-c2nnn[nH]2)c1. The summed E-state index contributed by atoms with van der Waals surface area (Å²) in [5.74, 6) is -0.255. The maximum atomic E-state index is 14.3. The molecule has 8 heteroatoms. The lowest BCUT2D eigenvalue weighted by Crippen LogP contribution is -2.29. The molecule has 0 radical (unpaired) electrons.